The molecule has 0 aliphatic rings. The van der Waals surface area contributed by atoms with Gasteiger partial charge in [-0.2, -0.15) is 9.97 Å². The molecular formula is C10H17N7O2S. The molecule has 0 aromatic carbocycles. The average molecular weight is 299 g/mol. The van der Waals surface area contributed by atoms with Crippen molar-refractivity contribution in [1.82, 2.24) is 24.7 Å². The molecule has 0 bridgehead atoms. The average Bonchev–Trinajstić information content (AvgIpc) is 2.70. The summed E-state index contributed by atoms with van der Waals surface area (Å²) in [7, 11) is -3.29. The van der Waals surface area contributed by atoms with E-state index in [9.17, 15) is 8.42 Å². The van der Waals surface area contributed by atoms with Crippen LogP contribution in [0.1, 0.15) is 13.8 Å². The number of fused-ring (bicyclic) bond motifs is 1. The molecule has 2 aromatic heterocycles. The number of aromatic nitrogens is 4. The van der Waals surface area contributed by atoms with Gasteiger partial charge in [0.25, 0.3) is 0 Å². The van der Waals surface area contributed by atoms with E-state index in [1.165, 1.54) is 6.33 Å². The van der Waals surface area contributed by atoms with Gasteiger partial charge in [-0.05, 0) is 13.8 Å². The van der Waals surface area contributed by atoms with Crippen molar-refractivity contribution in [2.45, 2.75) is 19.4 Å². The number of nitrogens with two attached hydrogens (primary N) is 1. The normalized spacial score (nSPS) is 12.8. The van der Waals surface area contributed by atoms with Gasteiger partial charge >= 0.3 is 0 Å². The SMILES string of the molecule is CC(C)(CNc1nc(N)nc2nc[nH]c12)NS(C)(=O)=O. The van der Waals surface area contributed by atoms with E-state index in [-0.39, 0.29) is 5.95 Å². The lowest BCUT2D eigenvalue weighted by Crippen LogP contribution is -2.47. The fraction of sp³-hybridized carbons (Fsp3) is 0.500. The van der Waals surface area contributed by atoms with Crippen LogP contribution in [-0.4, -0.2) is 46.7 Å². The van der Waals surface area contributed by atoms with Crippen LogP contribution in [0.15, 0.2) is 6.33 Å². The number of hydrogen-bond donors (Lipinski definition) is 4. The van der Waals surface area contributed by atoms with Crippen LogP contribution in [0.4, 0.5) is 11.8 Å². The topological polar surface area (TPSA) is 139 Å². The lowest BCUT2D eigenvalue weighted by molar-refractivity contribution is 0.476. The number of anilines is 2. The maximum Gasteiger partial charge on any atom is 0.224 e. The second-order valence-electron chi connectivity index (χ2n) is 5.14. The monoisotopic (exact) mass is 299 g/mol. The number of nitrogens with one attached hydrogen (secondary N) is 3. The third-order valence-corrected chi connectivity index (χ3v) is 3.39. The Hall–Kier alpha value is -1.94. The Labute approximate surface area is 116 Å². The second kappa shape index (κ2) is 4.87. The molecule has 110 valence electrons. The molecule has 9 nitrogen and oxygen atoms in total. The zero-order chi connectivity index (χ0) is 15.0. The molecule has 0 saturated heterocycles. The summed E-state index contributed by atoms with van der Waals surface area (Å²) in [6, 6.07) is 0. The minimum atomic E-state index is -3.29. The quantitative estimate of drug-likeness (QED) is 0.593. The summed E-state index contributed by atoms with van der Waals surface area (Å²) in [5.41, 5.74) is 5.99. The first-order chi connectivity index (χ1) is 9.16. The molecule has 2 aromatic rings. The lowest BCUT2D eigenvalue weighted by Gasteiger charge is -2.25. The van der Waals surface area contributed by atoms with Crippen LogP contribution < -0.4 is 15.8 Å². The highest BCUT2D eigenvalue weighted by Gasteiger charge is 2.22. The van der Waals surface area contributed by atoms with Gasteiger partial charge in [-0.3, -0.25) is 0 Å². The zero-order valence-corrected chi connectivity index (χ0v) is 12.2. The summed E-state index contributed by atoms with van der Waals surface area (Å²) < 4.78 is 25.1. The van der Waals surface area contributed by atoms with Crippen molar-refractivity contribution in [2.75, 3.05) is 23.9 Å². The molecule has 0 aliphatic carbocycles. The molecule has 20 heavy (non-hydrogen) atoms. The Morgan fingerprint density at radius 1 is 1.40 bits per heavy atom. The van der Waals surface area contributed by atoms with Crippen LogP contribution in [0, 0.1) is 0 Å². The summed E-state index contributed by atoms with van der Waals surface area (Å²) in [5, 5.41) is 3.05. The highest BCUT2D eigenvalue weighted by molar-refractivity contribution is 7.88. The largest absolute Gasteiger partial charge is 0.368 e. The van der Waals surface area contributed by atoms with Crippen molar-refractivity contribution in [3.63, 3.8) is 0 Å². The van der Waals surface area contributed by atoms with Gasteiger partial charge in [0, 0.05) is 12.1 Å². The number of hydrogen-bond acceptors (Lipinski definition) is 7. The first kappa shape index (κ1) is 14.5. The fourth-order valence-corrected chi connectivity index (χ4v) is 2.90. The highest BCUT2D eigenvalue weighted by Crippen LogP contribution is 2.18. The minimum absolute atomic E-state index is 0.0981. The van der Waals surface area contributed by atoms with Gasteiger partial charge < -0.3 is 16.0 Å². The van der Waals surface area contributed by atoms with Crippen molar-refractivity contribution in [1.29, 1.82) is 0 Å². The summed E-state index contributed by atoms with van der Waals surface area (Å²) >= 11 is 0. The number of nitrogens with zero attached hydrogens (tertiary/aromatic N) is 3. The van der Waals surface area contributed by atoms with E-state index in [4.69, 9.17) is 5.73 Å². The molecule has 10 heteroatoms. The molecule has 0 radical (unpaired) electrons. The van der Waals surface area contributed by atoms with Crippen molar-refractivity contribution < 1.29 is 8.42 Å². The van der Waals surface area contributed by atoms with Gasteiger partial charge in [-0.15, -0.1) is 0 Å². The van der Waals surface area contributed by atoms with Gasteiger partial charge in [-0.25, -0.2) is 18.1 Å². The summed E-state index contributed by atoms with van der Waals surface area (Å²) in [6.07, 6.45) is 2.61. The number of aromatic amines is 1. The number of nitrogen functional groups attached to an aromatic ring is 1. The van der Waals surface area contributed by atoms with E-state index in [2.05, 4.69) is 30.0 Å². The number of H-pyrrole nitrogens is 1. The maximum absolute atomic E-state index is 11.3. The van der Waals surface area contributed by atoms with E-state index in [0.29, 0.717) is 23.5 Å². The molecule has 0 unspecified atom stereocenters. The third-order valence-electron chi connectivity index (χ3n) is 2.46. The van der Waals surface area contributed by atoms with E-state index < -0.39 is 15.6 Å². The van der Waals surface area contributed by atoms with Gasteiger partial charge in [0.1, 0.15) is 5.52 Å². The smallest absolute Gasteiger partial charge is 0.224 e. The number of sulfonamides is 1. The third kappa shape index (κ3) is 3.54. The van der Waals surface area contributed by atoms with Gasteiger partial charge in [0.15, 0.2) is 11.5 Å². The van der Waals surface area contributed by atoms with E-state index in [1.54, 1.807) is 13.8 Å². The first-order valence-corrected chi connectivity index (χ1v) is 7.75. The van der Waals surface area contributed by atoms with Crippen LogP contribution in [0.3, 0.4) is 0 Å². The Morgan fingerprint density at radius 2 is 2.10 bits per heavy atom. The zero-order valence-electron chi connectivity index (χ0n) is 11.4. The van der Waals surface area contributed by atoms with Crippen LogP contribution in [0.2, 0.25) is 0 Å². The second-order valence-corrected chi connectivity index (χ2v) is 6.89. The summed E-state index contributed by atoms with van der Waals surface area (Å²) in [4.78, 5) is 15.0. The predicted molar refractivity (Wildman–Crippen MR) is 76.6 cm³/mol. The number of rotatable bonds is 5. The maximum atomic E-state index is 11.3. The molecule has 0 fully saturated rings. The summed E-state index contributed by atoms with van der Waals surface area (Å²) in [6.45, 7) is 3.84. The molecule has 0 atom stereocenters. The Bertz CT molecular complexity index is 722. The van der Waals surface area contributed by atoms with Gasteiger partial charge in [0.2, 0.25) is 16.0 Å². The predicted octanol–water partition coefficient (Wildman–Crippen LogP) is -0.325. The molecule has 0 saturated carbocycles. The molecule has 2 heterocycles. The fourth-order valence-electron chi connectivity index (χ4n) is 1.82. The van der Waals surface area contributed by atoms with Crippen molar-refractivity contribution >= 4 is 33.0 Å². The van der Waals surface area contributed by atoms with Crippen LogP contribution in [0.5, 0.6) is 0 Å². The Morgan fingerprint density at radius 3 is 2.75 bits per heavy atom. The molecule has 2 rings (SSSR count). The van der Waals surface area contributed by atoms with Crippen molar-refractivity contribution in [3.8, 4) is 0 Å². The highest BCUT2D eigenvalue weighted by atomic mass is 32.2. The van der Waals surface area contributed by atoms with Crippen molar-refractivity contribution in [3.05, 3.63) is 6.33 Å². The first-order valence-electron chi connectivity index (χ1n) is 5.86. The van der Waals surface area contributed by atoms with E-state index in [0.717, 1.165) is 6.26 Å². The lowest BCUT2D eigenvalue weighted by atomic mass is 10.1. The summed E-state index contributed by atoms with van der Waals surface area (Å²) in [5.74, 6) is 0.578. The minimum Gasteiger partial charge on any atom is -0.368 e. The Balaban J connectivity index is 2.19. The molecule has 0 aliphatic heterocycles. The molecule has 5 N–H and O–H groups in total. The number of imidazole rings is 1. The van der Waals surface area contributed by atoms with Crippen LogP contribution >= 0.6 is 0 Å². The molecular weight excluding hydrogens is 282 g/mol. The molecule has 0 amide bonds. The van der Waals surface area contributed by atoms with Crippen LogP contribution in [0.25, 0.3) is 11.2 Å². The molecule has 0 spiro atoms. The van der Waals surface area contributed by atoms with E-state index in [1.807, 2.05) is 0 Å². The van der Waals surface area contributed by atoms with Crippen LogP contribution in [-0.2, 0) is 10.0 Å². The van der Waals surface area contributed by atoms with E-state index >= 15 is 0 Å². The van der Waals surface area contributed by atoms with Gasteiger partial charge in [-0.1, -0.05) is 0 Å². The Kier molecular flexibility index (Phi) is 3.52. The standard InChI is InChI=1S/C10H17N7O2S/c1-10(2,17-20(3,18)19)4-12-7-6-8(14-5-13-6)16-9(11)15-7/h5,17H,4H2,1-3H3,(H4,11,12,13,14,15,16). The van der Waals surface area contributed by atoms with Crippen molar-refractivity contribution in [2.24, 2.45) is 0 Å². The van der Waals surface area contributed by atoms with Gasteiger partial charge in [0.05, 0.1) is 12.6 Å².